The van der Waals surface area contributed by atoms with E-state index in [9.17, 15) is 0 Å². The van der Waals surface area contributed by atoms with Gasteiger partial charge in [-0.1, -0.05) is 6.07 Å². The molecule has 0 aliphatic heterocycles. The van der Waals surface area contributed by atoms with E-state index in [1.165, 1.54) is 0 Å². The van der Waals surface area contributed by atoms with E-state index in [1.807, 2.05) is 41.0 Å². The maximum atomic E-state index is 5.99. The zero-order valence-corrected chi connectivity index (χ0v) is 12.2. The predicted octanol–water partition coefficient (Wildman–Crippen LogP) is 3.08. The van der Waals surface area contributed by atoms with E-state index in [0.717, 1.165) is 17.0 Å². The van der Waals surface area contributed by atoms with Crippen molar-refractivity contribution >= 4 is 11.6 Å². The lowest BCUT2D eigenvalue weighted by molar-refractivity contribution is 0.414. The Morgan fingerprint density at radius 1 is 1.19 bits per heavy atom. The molecule has 0 atom stereocenters. The minimum Gasteiger partial charge on any atom is -0.497 e. The van der Waals surface area contributed by atoms with Crippen molar-refractivity contribution in [3.8, 4) is 22.8 Å². The predicted molar refractivity (Wildman–Crippen MR) is 80.7 cm³/mol. The van der Waals surface area contributed by atoms with E-state index >= 15 is 0 Å². The maximum absolute atomic E-state index is 5.99. The fourth-order valence-corrected chi connectivity index (χ4v) is 2.28. The highest BCUT2D eigenvalue weighted by atomic mass is 35.5. The molecule has 2 aromatic heterocycles. The number of pyridine rings is 1. The zero-order valence-electron chi connectivity index (χ0n) is 11.4. The SMILES string of the molecule is COc1cccc(-n2c(CCl)nnc2-c2cccnc2)c1. The van der Waals surface area contributed by atoms with Crippen LogP contribution in [0.5, 0.6) is 5.75 Å². The second-order valence-electron chi connectivity index (χ2n) is 4.35. The molecule has 0 saturated carbocycles. The minimum atomic E-state index is 0.268. The van der Waals surface area contributed by atoms with Crippen LogP contribution in [0.3, 0.4) is 0 Å². The van der Waals surface area contributed by atoms with Gasteiger partial charge >= 0.3 is 0 Å². The molecule has 0 amide bonds. The van der Waals surface area contributed by atoms with Crippen LogP contribution >= 0.6 is 11.6 Å². The standard InChI is InChI=1S/C15H13ClN4O/c1-21-13-6-2-5-12(8-13)20-14(9-16)18-19-15(20)11-4-3-7-17-10-11/h2-8,10H,9H2,1H3. The summed E-state index contributed by atoms with van der Waals surface area (Å²) in [7, 11) is 1.63. The average Bonchev–Trinajstić information content (AvgIpc) is 2.99. The molecule has 1 aromatic carbocycles. The molecule has 3 aromatic rings. The van der Waals surface area contributed by atoms with Gasteiger partial charge in [0.1, 0.15) is 5.75 Å². The van der Waals surface area contributed by atoms with Crippen LogP contribution in [0.4, 0.5) is 0 Å². The van der Waals surface area contributed by atoms with Gasteiger partial charge in [-0.2, -0.15) is 0 Å². The Morgan fingerprint density at radius 3 is 2.81 bits per heavy atom. The summed E-state index contributed by atoms with van der Waals surface area (Å²) in [6.45, 7) is 0. The van der Waals surface area contributed by atoms with Crippen LogP contribution in [-0.2, 0) is 5.88 Å². The van der Waals surface area contributed by atoms with Gasteiger partial charge in [-0.25, -0.2) is 0 Å². The van der Waals surface area contributed by atoms with Crippen molar-refractivity contribution in [1.29, 1.82) is 0 Å². The highest BCUT2D eigenvalue weighted by Crippen LogP contribution is 2.25. The molecule has 0 radical (unpaired) electrons. The lowest BCUT2D eigenvalue weighted by Gasteiger charge is -2.10. The Morgan fingerprint density at radius 2 is 2.10 bits per heavy atom. The highest BCUT2D eigenvalue weighted by Gasteiger charge is 2.15. The number of benzene rings is 1. The van der Waals surface area contributed by atoms with Gasteiger partial charge in [-0.05, 0) is 24.3 Å². The number of nitrogens with zero attached hydrogens (tertiary/aromatic N) is 4. The van der Waals surface area contributed by atoms with Crippen LogP contribution < -0.4 is 4.74 Å². The molecule has 0 N–H and O–H groups in total. The number of alkyl halides is 1. The molecule has 0 bridgehead atoms. The summed E-state index contributed by atoms with van der Waals surface area (Å²) in [6.07, 6.45) is 3.47. The summed E-state index contributed by atoms with van der Waals surface area (Å²) in [6, 6.07) is 11.5. The Hall–Kier alpha value is -2.40. The van der Waals surface area contributed by atoms with Crippen molar-refractivity contribution in [1.82, 2.24) is 19.7 Å². The molecule has 0 unspecified atom stereocenters. The Bertz CT molecular complexity index is 742. The van der Waals surface area contributed by atoms with Gasteiger partial charge in [0.25, 0.3) is 0 Å². The molecule has 0 saturated heterocycles. The summed E-state index contributed by atoms with van der Waals surface area (Å²) >= 11 is 5.99. The van der Waals surface area contributed by atoms with Crippen LogP contribution in [0.2, 0.25) is 0 Å². The van der Waals surface area contributed by atoms with E-state index in [0.29, 0.717) is 11.6 Å². The zero-order chi connectivity index (χ0) is 14.7. The molecule has 5 nitrogen and oxygen atoms in total. The van der Waals surface area contributed by atoms with Gasteiger partial charge in [0.2, 0.25) is 0 Å². The summed E-state index contributed by atoms with van der Waals surface area (Å²) in [4.78, 5) is 4.13. The van der Waals surface area contributed by atoms with Gasteiger partial charge in [0, 0.05) is 24.0 Å². The third-order valence-corrected chi connectivity index (χ3v) is 3.32. The Balaban J connectivity index is 2.18. The maximum Gasteiger partial charge on any atom is 0.170 e. The van der Waals surface area contributed by atoms with Gasteiger partial charge in [0.15, 0.2) is 11.6 Å². The van der Waals surface area contributed by atoms with E-state index in [4.69, 9.17) is 16.3 Å². The number of rotatable bonds is 4. The molecule has 0 aliphatic carbocycles. The van der Waals surface area contributed by atoms with Crippen molar-refractivity contribution in [3.05, 3.63) is 54.6 Å². The largest absolute Gasteiger partial charge is 0.497 e. The van der Waals surface area contributed by atoms with Crippen molar-refractivity contribution in [3.63, 3.8) is 0 Å². The summed E-state index contributed by atoms with van der Waals surface area (Å²) in [5.74, 6) is 2.40. The topological polar surface area (TPSA) is 52.8 Å². The number of aromatic nitrogens is 4. The molecule has 0 fully saturated rings. The fraction of sp³-hybridized carbons (Fsp3) is 0.133. The van der Waals surface area contributed by atoms with Crippen molar-refractivity contribution in [2.45, 2.75) is 5.88 Å². The van der Waals surface area contributed by atoms with Crippen LogP contribution in [-0.4, -0.2) is 26.9 Å². The van der Waals surface area contributed by atoms with Crippen LogP contribution in [0.1, 0.15) is 5.82 Å². The first kappa shape index (κ1) is 13.6. The molecule has 2 heterocycles. The van der Waals surface area contributed by atoms with Crippen LogP contribution in [0.25, 0.3) is 17.1 Å². The summed E-state index contributed by atoms with van der Waals surface area (Å²) in [5, 5.41) is 8.39. The quantitative estimate of drug-likeness (QED) is 0.695. The Labute approximate surface area is 127 Å². The number of halogens is 1. The first-order chi connectivity index (χ1) is 10.3. The lowest BCUT2D eigenvalue weighted by atomic mass is 10.2. The van der Waals surface area contributed by atoms with E-state index in [1.54, 1.807) is 19.5 Å². The molecule has 106 valence electrons. The summed E-state index contributed by atoms with van der Waals surface area (Å²) in [5.41, 5.74) is 1.78. The number of hydrogen-bond acceptors (Lipinski definition) is 4. The molecule has 21 heavy (non-hydrogen) atoms. The molecular weight excluding hydrogens is 288 g/mol. The normalized spacial score (nSPS) is 10.6. The first-order valence-electron chi connectivity index (χ1n) is 6.38. The molecular formula is C15H13ClN4O. The third kappa shape index (κ3) is 2.60. The van der Waals surface area contributed by atoms with Crippen LogP contribution in [0.15, 0.2) is 48.8 Å². The van der Waals surface area contributed by atoms with Gasteiger partial charge in [-0.3, -0.25) is 9.55 Å². The third-order valence-electron chi connectivity index (χ3n) is 3.08. The van der Waals surface area contributed by atoms with Gasteiger partial charge < -0.3 is 4.74 Å². The molecule has 3 rings (SSSR count). The van der Waals surface area contributed by atoms with E-state index < -0.39 is 0 Å². The minimum absolute atomic E-state index is 0.268. The van der Waals surface area contributed by atoms with Crippen LogP contribution in [0, 0.1) is 0 Å². The molecule has 6 heteroatoms. The van der Waals surface area contributed by atoms with Gasteiger partial charge in [-0.15, -0.1) is 21.8 Å². The van der Waals surface area contributed by atoms with Gasteiger partial charge in [0.05, 0.1) is 18.7 Å². The highest BCUT2D eigenvalue weighted by molar-refractivity contribution is 6.16. The van der Waals surface area contributed by atoms with E-state index in [-0.39, 0.29) is 5.88 Å². The summed E-state index contributed by atoms with van der Waals surface area (Å²) < 4.78 is 7.18. The van der Waals surface area contributed by atoms with Crippen molar-refractivity contribution < 1.29 is 4.74 Å². The van der Waals surface area contributed by atoms with Crippen molar-refractivity contribution in [2.24, 2.45) is 0 Å². The molecule has 0 aliphatic rings. The molecule has 0 spiro atoms. The second-order valence-corrected chi connectivity index (χ2v) is 4.62. The first-order valence-corrected chi connectivity index (χ1v) is 6.92. The number of methoxy groups -OCH3 is 1. The van der Waals surface area contributed by atoms with Crippen molar-refractivity contribution in [2.75, 3.05) is 7.11 Å². The second kappa shape index (κ2) is 5.93. The Kier molecular flexibility index (Phi) is 3.83. The monoisotopic (exact) mass is 300 g/mol. The lowest BCUT2D eigenvalue weighted by Crippen LogP contribution is -2.02. The average molecular weight is 301 g/mol. The smallest absolute Gasteiger partial charge is 0.170 e. The number of ether oxygens (including phenoxy) is 1. The number of hydrogen-bond donors (Lipinski definition) is 0. The van der Waals surface area contributed by atoms with E-state index in [2.05, 4.69) is 15.2 Å². The fourth-order valence-electron chi connectivity index (χ4n) is 2.11.